The van der Waals surface area contributed by atoms with Gasteiger partial charge in [0.05, 0.1) is 11.2 Å². The summed E-state index contributed by atoms with van der Waals surface area (Å²) in [6.07, 6.45) is 1.72. The highest BCUT2D eigenvalue weighted by Gasteiger charge is 2.51. The van der Waals surface area contributed by atoms with Crippen LogP contribution in [-0.2, 0) is 9.31 Å². The summed E-state index contributed by atoms with van der Waals surface area (Å²) in [4.78, 5) is 4.24. The second-order valence-corrected chi connectivity index (χ2v) is 7.23. The molecule has 0 amide bonds. The highest BCUT2D eigenvalue weighted by Crippen LogP contribution is 2.36. The third kappa shape index (κ3) is 3.23. The van der Waals surface area contributed by atoms with E-state index in [2.05, 4.69) is 4.98 Å². The van der Waals surface area contributed by atoms with E-state index in [1.54, 1.807) is 6.20 Å². The van der Waals surface area contributed by atoms with Crippen molar-refractivity contribution in [2.75, 3.05) is 0 Å². The third-order valence-electron chi connectivity index (χ3n) is 3.70. The Labute approximate surface area is 124 Å². The Kier molecular flexibility index (Phi) is 3.76. The Hall–Kier alpha value is -0.870. The molecule has 0 aliphatic carbocycles. The molecule has 0 spiro atoms. The molecule has 0 saturated carbocycles. The Bertz CT molecular complexity index is 486. The fourth-order valence-corrected chi connectivity index (χ4v) is 1.92. The molecule has 104 valence electrons. The molecule has 1 aliphatic heterocycles. The summed E-state index contributed by atoms with van der Waals surface area (Å²) in [5.74, 6) is 0.588. The lowest BCUT2D eigenvalue weighted by molar-refractivity contribution is 0.00578. The minimum atomic E-state index is -0.384. The lowest BCUT2D eigenvalue weighted by Gasteiger charge is -2.32. The largest absolute Gasteiger partial charge is 0.499 e. The van der Waals surface area contributed by atoms with E-state index in [-0.39, 0.29) is 23.6 Å². The summed E-state index contributed by atoms with van der Waals surface area (Å²) in [5, 5.41) is -0.276. The number of pyridine rings is 1. The molecule has 0 aromatic carbocycles. The van der Waals surface area contributed by atoms with Crippen LogP contribution in [0.3, 0.4) is 0 Å². The van der Waals surface area contributed by atoms with Crippen LogP contribution in [0.25, 0.3) is 0 Å². The zero-order valence-electron chi connectivity index (χ0n) is 13.5. The maximum absolute atomic E-state index is 6.03. The summed E-state index contributed by atoms with van der Waals surface area (Å²) < 4.78 is 17.8. The van der Waals surface area contributed by atoms with E-state index < -0.39 is 0 Å². The summed E-state index contributed by atoms with van der Waals surface area (Å²) in [5.41, 5.74) is 0.246. The first kappa shape index (κ1) is 15.5. The van der Waals surface area contributed by atoms with Crippen molar-refractivity contribution in [2.45, 2.75) is 44.2 Å². The Balaban J connectivity index is 2.21. The summed E-state index contributed by atoms with van der Waals surface area (Å²) in [7, 11) is 5.60. The van der Waals surface area contributed by atoms with Crippen molar-refractivity contribution in [3.05, 3.63) is 18.3 Å². The van der Waals surface area contributed by atoms with E-state index in [1.807, 2.05) is 63.4 Å². The predicted molar refractivity (Wildman–Crippen MR) is 88.9 cm³/mol. The van der Waals surface area contributed by atoms with Gasteiger partial charge in [-0.1, -0.05) is 0 Å². The van der Waals surface area contributed by atoms with Crippen molar-refractivity contribution in [3.63, 3.8) is 0 Å². The smallest absolute Gasteiger partial charge is 0.495 e. The van der Waals surface area contributed by atoms with E-state index in [4.69, 9.17) is 14.0 Å². The van der Waals surface area contributed by atoms with Crippen LogP contribution >= 0.6 is 0 Å². The van der Waals surface area contributed by atoms with Crippen LogP contribution in [0.1, 0.15) is 27.7 Å². The van der Waals surface area contributed by atoms with Gasteiger partial charge in [0.1, 0.15) is 23.5 Å². The fraction of sp³-hybridized carbons (Fsp3) is 0.583. The number of aromatic nitrogens is 1. The van der Waals surface area contributed by atoms with Gasteiger partial charge in [0, 0.05) is 11.5 Å². The molecule has 1 aromatic heterocycles. The monoisotopic (exact) mass is 271 g/mol. The van der Waals surface area contributed by atoms with Crippen LogP contribution < -0.4 is 10.2 Å². The van der Waals surface area contributed by atoms with Crippen LogP contribution in [0.5, 0.6) is 5.88 Å². The normalized spacial score (nSPS) is 20.9. The van der Waals surface area contributed by atoms with Crippen LogP contribution in [0, 0.1) is 0 Å². The number of hydrogen-bond donors (Lipinski definition) is 0. The van der Waals surface area contributed by atoms with Gasteiger partial charge in [-0.05, 0) is 45.3 Å². The topological polar surface area (TPSA) is 40.6 Å². The van der Waals surface area contributed by atoms with Gasteiger partial charge in [-0.25, -0.2) is 4.98 Å². The molecule has 4 nitrogen and oxygen atoms in total. The number of ether oxygens (including phenoxy) is 1. The second kappa shape index (κ2) is 4.85. The quantitative estimate of drug-likeness (QED) is 0.612. The van der Waals surface area contributed by atoms with Crippen molar-refractivity contribution in [3.8, 4) is 5.88 Å². The van der Waals surface area contributed by atoms with Crippen molar-refractivity contribution >= 4 is 36.1 Å². The van der Waals surface area contributed by atoms with Gasteiger partial charge >= 0.3 is 7.12 Å². The molecule has 0 N–H and O–H groups in total. The van der Waals surface area contributed by atoms with Gasteiger partial charge in [-0.3, -0.25) is 0 Å². The van der Waals surface area contributed by atoms with E-state index in [0.29, 0.717) is 5.88 Å². The van der Waals surface area contributed by atoms with Gasteiger partial charge in [-0.2, -0.15) is 0 Å². The standard InChI is InChI=1S/C12H21B4NO3/c1-10(2)11(3,4)20-16(19-10)8-5-6-17-9(7-8)18-12(13,14)15/h5-7H,13-15H2,1-4H3. The molecule has 1 saturated heterocycles. The van der Waals surface area contributed by atoms with Gasteiger partial charge in [0.25, 0.3) is 0 Å². The first-order chi connectivity index (χ1) is 9.00. The molecule has 0 bridgehead atoms. The first-order valence-corrected chi connectivity index (χ1v) is 7.01. The minimum absolute atomic E-state index is 0.276. The number of nitrogens with zero attached hydrogens (tertiary/aromatic N) is 1. The second-order valence-electron chi connectivity index (χ2n) is 7.23. The van der Waals surface area contributed by atoms with Gasteiger partial charge in [0.2, 0.25) is 5.88 Å². The summed E-state index contributed by atoms with van der Waals surface area (Å²) in [6, 6.07) is 3.78. The van der Waals surface area contributed by atoms with Crippen molar-refractivity contribution < 1.29 is 14.0 Å². The molecule has 8 heteroatoms. The van der Waals surface area contributed by atoms with Crippen molar-refractivity contribution in [1.29, 1.82) is 0 Å². The predicted octanol–water partition coefficient (Wildman–Crippen LogP) is -1.73. The van der Waals surface area contributed by atoms with Gasteiger partial charge < -0.3 is 14.0 Å². The summed E-state index contributed by atoms with van der Waals surface area (Å²) in [6.45, 7) is 8.17. The lowest BCUT2D eigenvalue weighted by atomic mass is 9.52. The Morgan fingerprint density at radius 1 is 1.15 bits per heavy atom. The van der Waals surface area contributed by atoms with Crippen LogP contribution in [-0.4, -0.2) is 52.1 Å². The molecule has 20 heavy (non-hydrogen) atoms. The van der Waals surface area contributed by atoms with E-state index in [0.717, 1.165) is 5.46 Å². The molecule has 1 aliphatic rings. The molecule has 0 radical (unpaired) electrons. The molecule has 2 heterocycles. The van der Waals surface area contributed by atoms with E-state index in [1.165, 1.54) is 0 Å². The lowest BCUT2D eigenvalue weighted by Crippen LogP contribution is -2.41. The van der Waals surface area contributed by atoms with Gasteiger partial charge in [-0.15, -0.1) is 0 Å². The molecular weight excluding hydrogens is 249 g/mol. The van der Waals surface area contributed by atoms with Crippen LogP contribution in [0.15, 0.2) is 18.3 Å². The molecule has 1 fully saturated rings. The average Bonchev–Trinajstić information content (AvgIpc) is 2.46. The maximum Gasteiger partial charge on any atom is 0.495 e. The number of rotatable bonds is 3. The molecule has 0 unspecified atom stereocenters. The van der Waals surface area contributed by atoms with E-state index >= 15 is 0 Å². The molecule has 0 atom stereocenters. The van der Waals surface area contributed by atoms with Crippen LogP contribution in [0.2, 0.25) is 0 Å². The SMILES string of the molecule is BC(B)(B)Oc1cc(B2OC(C)(C)C(C)(C)O2)ccn1. The van der Waals surface area contributed by atoms with Gasteiger partial charge in [0.15, 0.2) is 0 Å². The maximum atomic E-state index is 6.03. The first-order valence-electron chi connectivity index (χ1n) is 7.01. The van der Waals surface area contributed by atoms with Crippen LogP contribution in [0.4, 0.5) is 0 Å². The molecule has 1 aromatic rings. The highest BCUT2D eigenvalue weighted by atomic mass is 16.7. The fourth-order valence-electron chi connectivity index (χ4n) is 1.92. The van der Waals surface area contributed by atoms with Crippen molar-refractivity contribution in [2.24, 2.45) is 0 Å². The third-order valence-corrected chi connectivity index (χ3v) is 3.70. The average molecular weight is 271 g/mol. The Morgan fingerprint density at radius 3 is 2.20 bits per heavy atom. The molecule has 2 rings (SSSR count). The minimum Gasteiger partial charge on any atom is -0.499 e. The zero-order valence-corrected chi connectivity index (χ0v) is 13.5. The highest BCUT2D eigenvalue weighted by molar-refractivity contribution is 6.62. The Morgan fingerprint density at radius 2 is 1.70 bits per heavy atom. The zero-order chi connectivity index (χ0) is 15.2. The van der Waals surface area contributed by atoms with E-state index in [9.17, 15) is 0 Å². The molecular formula is C12H21B4NO3. The number of hydrogen-bond acceptors (Lipinski definition) is 4. The summed E-state index contributed by atoms with van der Waals surface area (Å²) >= 11 is 0. The van der Waals surface area contributed by atoms with Crippen molar-refractivity contribution in [1.82, 2.24) is 4.98 Å².